The van der Waals surface area contributed by atoms with Crippen molar-refractivity contribution in [1.29, 1.82) is 0 Å². The van der Waals surface area contributed by atoms with Crippen LogP contribution in [-0.2, 0) is 9.59 Å². The fourth-order valence-corrected chi connectivity index (χ4v) is 3.60. The lowest BCUT2D eigenvalue weighted by atomic mass is 10.1. The molecule has 1 saturated heterocycles. The van der Waals surface area contributed by atoms with Crippen LogP contribution in [0.4, 0.5) is 0 Å². The van der Waals surface area contributed by atoms with Gasteiger partial charge in [0.25, 0.3) is 5.91 Å². The maximum atomic E-state index is 12.4. The number of aryl methyl sites for hydroxylation is 1. The molecule has 6 heteroatoms. The first-order chi connectivity index (χ1) is 11.0. The molecule has 1 aromatic carbocycles. The molecule has 1 heterocycles. The molecule has 23 heavy (non-hydrogen) atoms. The number of nitrogens with zero attached hydrogens (tertiary/aromatic N) is 1. The maximum absolute atomic E-state index is 12.4. The highest BCUT2D eigenvalue weighted by Gasteiger charge is 2.31. The van der Waals surface area contributed by atoms with Gasteiger partial charge < -0.3 is 9.90 Å². The van der Waals surface area contributed by atoms with E-state index in [0.29, 0.717) is 22.2 Å². The fourth-order valence-electron chi connectivity index (χ4n) is 2.30. The van der Waals surface area contributed by atoms with E-state index < -0.39 is 5.97 Å². The summed E-state index contributed by atoms with van der Waals surface area (Å²) in [6, 6.07) is 7.88. The minimum absolute atomic E-state index is 0.0611. The second kappa shape index (κ2) is 8.26. The highest BCUT2D eigenvalue weighted by atomic mass is 32.2. The lowest BCUT2D eigenvalue weighted by molar-refractivity contribution is -0.305. The highest BCUT2D eigenvalue weighted by Crippen LogP contribution is 2.33. The van der Waals surface area contributed by atoms with Crippen molar-refractivity contribution in [1.82, 2.24) is 4.90 Å². The molecule has 0 aromatic heterocycles. The van der Waals surface area contributed by atoms with E-state index >= 15 is 0 Å². The Morgan fingerprint density at radius 2 is 2.04 bits per heavy atom. The molecule has 0 aliphatic carbocycles. The van der Waals surface area contributed by atoms with Gasteiger partial charge in [-0.15, -0.1) is 0 Å². The Kier molecular flexibility index (Phi) is 6.36. The van der Waals surface area contributed by atoms with E-state index in [2.05, 4.69) is 0 Å². The SMILES string of the molecule is Cc1ccccc1/C=C1\SC(=S)N(CCCCCC(=O)[O-])C1=O. The summed E-state index contributed by atoms with van der Waals surface area (Å²) in [5.41, 5.74) is 2.13. The van der Waals surface area contributed by atoms with Crippen LogP contribution in [0.2, 0.25) is 0 Å². The largest absolute Gasteiger partial charge is 0.550 e. The first kappa shape index (κ1) is 17.7. The van der Waals surface area contributed by atoms with Gasteiger partial charge in [-0.3, -0.25) is 9.69 Å². The summed E-state index contributed by atoms with van der Waals surface area (Å²) < 4.78 is 0.565. The fraction of sp³-hybridized carbons (Fsp3) is 0.353. The van der Waals surface area contributed by atoms with E-state index in [-0.39, 0.29) is 12.3 Å². The predicted molar refractivity (Wildman–Crippen MR) is 94.5 cm³/mol. The number of unbranched alkanes of at least 4 members (excludes halogenated alkanes) is 2. The monoisotopic (exact) mass is 348 g/mol. The minimum atomic E-state index is -1.03. The Morgan fingerprint density at radius 3 is 2.74 bits per heavy atom. The van der Waals surface area contributed by atoms with E-state index in [1.807, 2.05) is 37.3 Å². The Balaban J connectivity index is 1.95. The quantitative estimate of drug-likeness (QED) is 0.430. The van der Waals surface area contributed by atoms with Crippen LogP contribution in [0.5, 0.6) is 0 Å². The van der Waals surface area contributed by atoms with Gasteiger partial charge in [0, 0.05) is 12.5 Å². The molecule has 1 aromatic rings. The normalized spacial score (nSPS) is 16.4. The summed E-state index contributed by atoms with van der Waals surface area (Å²) >= 11 is 6.61. The Labute approximate surface area is 145 Å². The molecule has 0 spiro atoms. The average molecular weight is 348 g/mol. The number of carbonyl (C=O) groups is 2. The van der Waals surface area contributed by atoms with Crippen molar-refractivity contribution < 1.29 is 14.7 Å². The molecule has 0 radical (unpaired) electrons. The van der Waals surface area contributed by atoms with Gasteiger partial charge in [-0.05, 0) is 43.4 Å². The van der Waals surface area contributed by atoms with Gasteiger partial charge in [0.2, 0.25) is 0 Å². The van der Waals surface area contributed by atoms with Crippen LogP contribution < -0.4 is 5.11 Å². The zero-order valence-corrected chi connectivity index (χ0v) is 14.5. The first-order valence-corrected chi connectivity index (χ1v) is 8.72. The summed E-state index contributed by atoms with van der Waals surface area (Å²) in [5, 5.41) is 10.4. The molecule has 2 rings (SSSR count). The smallest absolute Gasteiger partial charge is 0.266 e. The minimum Gasteiger partial charge on any atom is -0.550 e. The van der Waals surface area contributed by atoms with E-state index in [4.69, 9.17) is 12.2 Å². The molecule has 122 valence electrons. The van der Waals surface area contributed by atoms with Gasteiger partial charge in [-0.1, -0.05) is 54.7 Å². The molecule has 4 nitrogen and oxygen atoms in total. The number of carboxylic acids is 1. The van der Waals surface area contributed by atoms with Crippen LogP contribution in [0.1, 0.15) is 36.8 Å². The van der Waals surface area contributed by atoms with Crippen molar-refractivity contribution in [2.24, 2.45) is 0 Å². The third-order valence-electron chi connectivity index (χ3n) is 3.61. The highest BCUT2D eigenvalue weighted by molar-refractivity contribution is 8.26. The Hall–Kier alpha value is -1.66. The van der Waals surface area contributed by atoms with Crippen LogP contribution in [0.15, 0.2) is 29.2 Å². The number of hydrogen-bond donors (Lipinski definition) is 0. The summed E-state index contributed by atoms with van der Waals surface area (Å²) in [5.74, 6) is -1.10. The molecular weight excluding hydrogens is 330 g/mol. The van der Waals surface area contributed by atoms with Gasteiger partial charge in [-0.25, -0.2) is 0 Å². The number of benzene rings is 1. The van der Waals surface area contributed by atoms with Gasteiger partial charge >= 0.3 is 0 Å². The van der Waals surface area contributed by atoms with E-state index in [1.165, 1.54) is 11.8 Å². The molecule has 0 unspecified atom stereocenters. The summed E-state index contributed by atoms with van der Waals surface area (Å²) in [6.07, 6.45) is 3.98. The predicted octanol–water partition coefficient (Wildman–Crippen LogP) is 2.51. The van der Waals surface area contributed by atoms with Crippen LogP contribution in [0.3, 0.4) is 0 Å². The first-order valence-electron chi connectivity index (χ1n) is 7.50. The Morgan fingerprint density at radius 1 is 1.30 bits per heavy atom. The zero-order valence-electron chi connectivity index (χ0n) is 12.9. The standard InChI is InChI=1S/C17H19NO3S2/c1-12-7-4-5-8-13(12)11-14-16(21)18(17(22)23-14)10-6-2-3-9-15(19)20/h4-5,7-8,11H,2-3,6,9-10H2,1H3,(H,19,20)/p-1/b14-11-. The molecule has 0 N–H and O–H groups in total. The lowest BCUT2D eigenvalue weighted by Crippen LogP contribution is -2.29. The van der Waals surface area contributed by atoms with Gasteiger partial charge in [0.15, 0.2) is 0 Å². The average Bonchev–Trinajstić information content (AvgIpc) is 2.76. The number of hydrogen-bond acceptors (Lipinski definition) is 5. The molecule has 1 aliphatic heterocycles. The van der Waals surface area contributed by atoms with Gasteiger partial charge in [-0.2, -0.15) is 0 Å². The number of thiocarbonyl (C=S) groups is 1. The molecule has 1 amide bonds. The van der Waals surface area contributed by atoms with E-state index in [9.17, 15) is 14.7 Å². The van der Waals surface area contributed by atoms with Gasteiger partial charge in [0.1, 0.15) is 4.32 Å². The van der Waals surface area contributed by atoms with Gasteiger partial charge in [0.05, 0.1) is 4.91 Å². The van der Waals surface area contributed by atoms with E-state index in [0.717, 1.165) is 24.0 Å². The van der Waals surface area contributed by atoms with Crippen LogP contribution in [0.25, 0.3) is 6.08 Å². The molecular formula is C17H18NO3S2-. The van der Waals surface area contributed by atoms with Crippen molar-refractivity contribution in [3.05, 3.63) is 40.3 Å². The number of aliphatic carboxylic acids is 1. The van der Waals surface area contributed by atoms with Crippen LogP contribution in [0, 0.1) is 6.92 Å². The lowest BCUT2D eigenvalue weighted by Gasteiger charge is -2.14. The Bertz CT molecular complexity index is 655. The van der Waals surface area contributed by atoms with Crippen molar-refractivity contribution in [3.8, 4) is 0 Å². The van der Waals surface area contributed by atoms with Crippen molar-refractivity contribution in [3.63, 3.8) is 0 Å². The van der Waals surface area contributed by atoms with Crippen LogP contribution in [-0.4, -0.2) is 27.6 Å². The second-order valence-electron chi connectivity index (χ2n) is 5.37. The molecule has 1 fully saturated rings. The second-order valence-corrected chi connectivity index (χ2v) is 7.05. The molecule has 1 aliphatic rings. The van der Waals surface area contributed by atoms with Crippen molar-refractivity contribution >= 4 is 46.3 Å². The topological polar surface area (TPSA) is 60.4 Å². The summed E-state index contributed by atoms with van der Waals surface area (Å²) in [6.45, 7) is 2.53. The maximum Gasteiger partial charge on any atom is 0.266 e. The van der Waals surface area contributed by atoms with E-state index in [1.54, 1.807) is 4.90 Å². The van der Waals surface area contributed by atoms with Crippen molar-refractivity contribution in [2.75, 3.05) is 6.54 Å². The summed E-state index contributed by atoms with van der Waals surface area (Å²) in [4.78, 5) is 25.0. The molecule has 0 saturated carbocycles. The third kappa shape index (κ3) is 4.91. The summed E-state index contributed by atoms with van der Waals surface area (Å²) in [7, 11) is 0. The number of carboxylic acid groups (broad SMARTS) is 1. The number of rotatable bonds is 7. The van der Waals surface area contributed by atoms with Crippen molar-refractivity contribution in [2.45, 2.75) is 32.6 Å². The zero-order chi connectivity index (χ0) is 16.8. The number of amides is 1. The molecule has 0 atom stereocenters. The molecule has 0 bridgehead atoms. The third-order valence-corrected chi connectivity index (χ3v) is 4.99. The number of carbonyl (C=O) groups excluding carboxylic acids is 2. The number of thioether (sulfide) groups is 1. The van der Waals surface area contributed by atoms with Crippen LogP contribution >= 0.6 is 24.0 Å².